The van der Waals surface area contributed by atoms with Crippen LogP contribution in [0.4, 0.5) is 0 Å². The highest BCUT2D eigenvalue weighted by atomic mass is 16.7. The maximum absolute atomic E-state index is 11.5. The highest BCUT2D eigenvalue weighted by Crippen LogP contribution is 2.45. The lowest BCUT2D eigenvalue weighted by atomic mass is 9.66. The Morgan fingerprint density at radius 2 is 1.54 bits per heavy atom. The fourth-order valence-electron chi connectivity index (χ4n) is 4.66. The molecule has 0 aliphatic carbocycles. The molecule has 8 N–H and O–H groups in total. The molecule has 0 unspecified atom stereocenters. The number of unbranched alkanes of at least 4 members (excludes halogenated alkanes) is 5. The van der Waals surface area contributed by atoms with Gasteiger partial charge in [0, 0.05) is 13.0 Å². The molecule has 0 aromatic rings. The smallest absolute Gasteiger partial charge is 0.305 e. The largest absolute Gasteiger partial charge is 0.469 e. The predicted molar refractivity (Wildman–Crippen MR) is 117 cm³/mol. The molecule has 0 aromatic heterocycles. The summed E-state index contributed by atoms with van der Waals surface area (Å²) in [6.07, 6.45) is -7.99. The van der Waals surface area contributed by atoms with Gasteiger partial charge in [0.2, 0.25) is 0 Å². The zero-order valence-corrected chi connectivity index (χ0v) is 19.9. The van der Waals surface area contributed by atoms with Crippen molar-refractivity contribution in [2.24, 2.45) is 0 Å². The fraction of sp³-hybridized carbons (Fsp3) is 0.955. The molecule has 0 spiro atoms. The molecular formula is C22H40O13. The quantitative estimate of drug-likeness (QED) is 0.0908. The summed E-state index contributed by atoms with van der Waals surface area (Å²) in [4.78, 5) is 11.1. The summed E-state index contributed by atoms with van der Waals surface area (Å²) >= 11 is 0. The van der Waals surface area contributed by atoms with E-state index >= 15 is 0 Å². The Kier molecular flexibility index (Phi) is 11.7. The fourth-order valence-corrected chi connectivity index (χ4v) is 4.66. The molecule has 0 bridgehead atoms. The summed E-state index contributed by atoms with van der Waals surface area (Å²) < 4.78 is 20.8. The van der Waals surface area contributed by atoms with Crippen molar-refractivity contribution in [1.29, 1.82) is 0 Å². The molecule has 2 aliphatic rings. The van der Waals surface area contributed by atoms with Crippen LogP contribution in [0, 0.1) is 0 Å². The predicted octanol–water partition coefficient (Wildman–Crippen LogP) is -3.08. The average Bonchev–Trinajstić information content (AvgIpc) is 2.85. The number of hydrogen-bond donors (Lipinski definition) is 8. The van der Waals surface area contributed by atoms with E-state index in [-0.39, 0.29) is 12.6 Å². The Hall–Kier alpha value is -0.970. The van der Waals surface area contributed by atoms with Gasteiger partial charge in [-0.25, -0.2) is 0 Å². The summed E-state index contributed by atoms with van der Waals surface area (Å²) in [5.41, 5.74) is -5.87. The first kappa shape index (κ1) is 30.3. The van der Waals surface area contributed by atoms with Crippen LogP contribution in [-0.4, -0.2) is 134 Å². The average molecular weight is 513 g/mol. The van der Waals surface area contributed by atoms with Gasteiger partial charge in [0.1, 0.15) is 36.6 Å². The van der Waals surface area contributed by atoms with E-state index in [0.29, 0.717) is 19.3 Å². The first-order valence-corrected chi connectivity index (χ1v) is 11.9. The van der Waals surface area contributed by atoms with Crippen LogP contribution in [0.15, 0.2) is 0 Å². The molecule has 35 heavy (non-hydrogen) atoms. The van der Waals surface area contributed by atoms with Gasteiger partial charge in [0.25, 0.3) is 0 Å². The van der Waals surface area contributed by atoms with Crippen molar-refractivity contribution < 1.29 is 64.6 Å². The van der Waals surface area contributed by atoms with E-state index in [1.165, 1.54) is 7.11 Å². The first-order chi connectivity index (χ1) is 16.6. The van der Waals surface area contributed by atoms with Crippen molar-refractivity contribution in [3.8, 4) is 0 Å². The normalized spacial score (nSPS) is 40.0. The second-order valence-electron chi connectivity index (χ2n) is 9.11. The van der Waals surface area contributed by atoms with E-state index in [1.807, 2.05) is 0 Å². The molecule has 2 heterocycles. The number of esters is 1. The lowest BCUT2D eigenvalue weighted by molar-refractivity contribution is -0.413. The third kappa shape index (κ3) is 6.30. The van der Waals surface area contributed by atoms with Gasteiger partial charge in [-0.15, -0.1) is 0 Å². The van der Waals surface area contributed by atoms with Crippen LogP contribution in [0.2, 0.25) is 0 Å². The minimum atomic E-state index is -2.96. The van der Waals surface area contributed by atoms with E-state index in [9.17, 15) is 45.6 Å². The third-order valence-electron chi connectivity index (χ3n) is 6.85. The van der Waals surface area contributed by atoms with E-state index in [0.717, 1.165) is 25.7 Å². The SMILES string of the molecule is COC(=O)CCCCCCCCO[C@H]1O[C@H](CO)[C@@H](O)[C@H](O)[C@]1(O)[C@]1(O)[C@H](O)[C@@H](O)CO[C@@H]1CO. The highest BCUT2D eigenvalue weighted by Gasteiger charge is 2.72. The Morgan fingerprint density at radius 1 is 0.914 bits per heavy atom. The summed E-state index contributed by atoms with van der Waals surface area (Å²) in [6.45, 7) is -2.13. The van der Waals surface area contributed by atoms with Crippen LogP contribution in [0.5, 0.6) is 0 Å². The zero-order chi connectivity index (χ0) is 26.2. The van der Waals surface area contributed by atoms with Gasteiger partial charge in [-0.1, -0.05) is 25.7 Å². The molecule has 0 amide bonds. The van der Waals surface area contributed by atoms with Gasteiger partial charge >= 0.3 is 5.97 Å². The maximum atomic E-state index is 11.5. The van der Waals surface area contributed by atoms with Crippen LogP contribution in [0.1, 0.15) is 44.9 Å². The Labute approximate surface area is 203 Å². The van der Waals surface area contributed by atoms with Crippen molar-refractivity contribution in [2.45, 2.75) is 99.1 Å². The maximum Gasteiger partial charge on any atom is 0.305 e. The number of methoxy groups -OCH3 is 1. The molecule has 2 saturated heterocycles. The van der Waals surface area contributed by atoms with Gasteiger partial charge in [-0.2, -0.15) is 0 Å². The van der Waals surface area contributed by atoms with Gasteiger partial charge < -0.3 is 59.8 Å². The van der Waals surface area contributed by atoms with Gasteiger partial charge in [0.05, 0.1) is 26.9 Å². The monoisotopic (exact) mass is 512 g/mol. The van der Waals surface area contributed by atoms with Gasteiger partial charge in [0.15, 0.2) is 17.5 Å². The lowest BCUT2D eigenvalue weighted by Gasteiger charge is -2.59. The molecule has 13 heteroatoms. The van der Waals surface area contributed by atoms with Crippen molar-refractivity contribution in [2.75, 3.05) is 33.5 Å². The molecule has 2 aliphatic heterocycles. The third-order valence-corrected chi connectivity index (χ3v) is 6.85. The number of aliphatic hydroxyl groups excluding tert-OH is 6. The Bertz CT molecular complexity index is 647. The molecule has 0 aromatic carbocycles. The van der Waals surface area contributed by atoms with Crippen LogP contribution in [0.25, 0.3) is 0 Å². The second kappa shape index (κ2) is 13.5. The molecule has 206 valence electrons. The molecule has 0 radical (unpaired) electrons. The van der Waals surface area contributed by atoms with Crippen molar-refractivity contribution in [3.05, 3.63) is 0 Å². The van der Waals surface area contributed by atoms with E-state index in [1.54, 1.807) is 0 Å². The number of ether oxygens (including phenoxy) is 4. The van der Waals surface area contributed by atoms with E-state index in [4.69, 9.17) is 14.2 Å². The topological polar surface area (TPSA) is 216 Å². The Morgan fingerprint density at radius 3 is 2.14 bits per heavy atom. The van der Waals surface area contributed by atoms with Gasteiger partial charge in [-0.05, 0) is 12.8 Å². The minimum absolute atomic E-state index is 0.0184. The number of aliphatic hydroxyl groups is 8. The summed E-state index contributed by atoms with van der Waals surface area (Å²) in [7, 11) is 1.34. The number of carbonyl (C=O) groups is 1. The number of hydrogen-bond acceptors (Lipinski definition) is 13. The molecular weight excluding hydrogens is 472 g/mol. The van der Waals surface area contributed by atoms with E-state index in [2.05, 4.69) is 4.74 Å². The molecule has 2 rings (SSSR count). The van der Waals surface area contributed by atoms with Crippen molar-refractivity contribution in [3.63, 3.8) is 0 Å². The minimum Gasteiger partial charge on any atom is -0.469 e. The summed E-state index contributed by atoms with van der Waals surface area (Å²) in [5, 5.41) is 84.0. The van der Waals surface area contributed by atoms with E-state index < -0.39 is 73.9 Å². The molecule has 2 fully saturated rings. The van der Waals surface area contributed by atoms with Crippen LogP contribution >= 0.6 is 0 Å². The first-order valence-electron chi connectivity index (χ1n) is 11.9. The zero-order valence-electron chi connectivity index (χ0n) is 19.9. The highest BCUT2D eigenvalue weighted by molar-refractivity contribution is 5.68. The standard InChI is InChI=1S/C22H40O13/c1-32-16(26)8-6-4-2-3-5-7-9-33-20-22(31,19(29)17(27)14(10-23)35-20)21(30)15(11-24)34-12-13(25)18(21)28/h13-15,17-20,23-25,27-31H,2-12H2,1H3/t13-,14+,15+,17+,18+,19-,20-,21+,22+/m0/s1. The van der Waals surface area contributed by atoms with Crippen LogP contribution < -0.4 is 0 Å². The van der Waals surface area contributed by atoms with Crippen molar-refractivity contribution in [1.82, 2.24) is 0 Å². The number of carbonyl (C=O) groups excluding carboxylic acids is 1. The Balaban J connectivity index is 2.06. The molecule has 13 nitrogen and oxygen atoms in total. The summed E-state index contributed by atoms with van der Waals surface area (Å²) in [6, 6.07) is 0. The number of rotatable bonds is 13. The molecule has 9 atom stereocenters. The van der Waals surface area contributed by atoms with Crippen LogP contribution in [0.3, 0.4) is 0 Å². The lowest BCUT2D eigenvalue weighted by Crippen LogP contribution is -2.84. The second-order valence-corrected chi connectivity index (χ2v) is 9.11. The summed E-state index contributed by atoms with van der Waals surface area (Å²) in [5.74, 6) is -0.252. The van der Waals surface area contributed by atoms with Gasteiger partial charge in [-0.3, -0.25) is 4.79 Å². The van der Waals surface area contributed by atoms with Crippen molar-refractivity contribution >= 4 is 5.97 Å². The van der Waals surface area contributed by atoms with Crippen LogP contribution in [-0.2, 0) is 23.7 Å². The molecule has 0 saturated carbocycles.